The monoisotopic (exact) mass is 301 g/mol. The van der Waals surface area contributed by atoms with E-state index in [-0.39, 0.29) is 11.6 Å². The molecule has 2 rings (SSSR count). The maximum absolute atomic E-state index is 11.9. The first kappa shape index (κ1) is 15.4. The third-order valence-electron chi connectivity index (χ3n) is 2.95. The molecule has 0 spiro atoms. The zero-order chi connectivity index (χ0) is 15.9. The fraction of sp³-hybridized carbons (Fsp3) is 0.200. The lowest BCUT2D eigenvalue weighted by molar-refractivity contribution is -0.384. The number of nitrogens with zero attached hydrogens (tertiary/aromatic N) is 2. The summed E-state index contributed by atoms with van der Waals surface area (Å²) in [7, 11) is 0. The molecule has 0 aliphatic rings. The molecule has 1 atom stereocenters. The van der Waals surface area contributed by atoms with Crippen LogP contribution in [0, 0.1) is 10.1 Å². The Bertz CT molecular complexity index is 644. The standard InChI is InChI=1S/C15H15N3O4/c1-11(15(19)17-10-12-6-8-16-9-7-12)22-14-4-2-13(3-5-14)18(20)21/h2-9,11H,10H2,1H3,(H,17,19)/t11-/m0/s1. The molecule has 1 amide bonds. The van der Waals surface area contributed by atoms with Crippen molar-refractivity contribution in [1.29, 1.82) is 0 Å². The summed E-state index contributed by atoms with van der Waals surface area (Å²) < 4.78 is 5.45. The summed E-state index contributed by atoms with van der Waals surface area (Å²) in [4.78, 5) is 25.9. The first-order chi connectivity index (χ1) is 10.6. The Morgan fingerprint density at radius 1 is 1.27 bits per heavy atom. The van der Waals surface area contributed by atoms with Gasteiger partial charge in [-0.3, -0.25) is 19.9 Å². The van der Waals surface area contributed by atoms with E-state index in [1.165, 1.54) is 24.3 Å². The predicted octanol–water partition coefficient (Wildman–Crippen LogP) is 2.07. The van der Waals surface area contributed by atoms with E-state index >= 15 is 0 Å². The van der Waals surface area contributed by atoms with Crippen molar-refractivity contribution in [3.05, 3.63) is 64.5 Å². The number of nitrogens with one attached hydrogen (secondary N) is 1. The Labute approximate surface area is 127 Å². The van der Waals surface area contributed by atoms with Crippen LogP contribution in [-0.2, 0) is 11.3 Å². The van der Waals surface area contributed by atoms with E-state index in [0.717, 1.165) is 5.56 Å². The van der Waals surface area contributed by atoms with E-state index in [1.54, 1.807) is 19.3 Å². The minimum Gasteiger partial charge on any atom is -0.481 e. The molecule has 7 heteroatoms. The predicted molar refractivity (Wildman–Crippen MR) is 79.3 cm³/mol. The van der Waals surface area contributed by atoms with Gasteiger partial charge in [0.1, 0.15) is 5.75 Å². The number of carbonyl (C=O) groups is 1. The van der Waals surface area contributed by atoms with Crippen LogP contribution in [0.2, 0.25) is 0 Å². The zero-order valence-electron chi connectivity index (χ0n) is 11.9. The Morgan fingerprint density at radius 3 is 2.50 bits per heavy atom. The van der Waals surface area contributed by atoms with E-state index in [1.807, 2.05) is 12.1 Å². The number of rotatable bonds is 6. The number of nitro groups is 1. The van der Waals surface area contributed by atoms with Crippen LogP contribution in [-0.4, -0.2) is 21.9 Å². The van der Waals surface area contributed by atoms with Gasteiger partial charge in [-0.15, -0.1) is 0 Å². The molecule has 0 saturated carbocycles. The molecule has 0 saturated heterocycles. The normalized spacial score (nSPS) is 11.5. The highest BCUT2D eigenvalue weighted by Crippen LogP contribution is 2.18. The Balaban J connectivity index is 1.86. The van der Waals surface area contributed by atoms with Crippen LogP contribution in [0.5, 0.6) is 5.75 Å². The zero-order valence-corrected chi connectivity index (χ0v) is 11.9. The Hall–Kier alpha value is -2.96. The number of aromatic nitrogens is 1. The van der Waals surface area contributed by atoms with Crippen molar-refractivity contribution in [1.82, 2.24) is 10.3 Å². The highest BCUT2D eigenvalue weighted by Gasteiger charge is 2.15. The first-order valence-electron chi connectivity index (χ1n) is 6.64. The molecule has 0 aliphatic heterocycles. The van der Waals surface area contributed by atoms with Crippen LogP contribution in [0.1, 0.15) is 12.5 Å². The van der Waals surface area contributed by atoms with Crippen molar-refractivity contribution in [2.24, 2.45) is 0 Å². The van der Waals surface area contributed by atoms with Gasteiger partial charge in [-0.1, -0.05) is 0 Å². The van der Waals surface area contributed by atoms with Gasteiger partial charge in [-0.05, 0) is 36.8 Å². The minimum atomic E-state index is -0.705. The van der Waals surface area contributed by atoms with Crippen molar-refractivity contribution < 1.29 is 14.5 Å². The Morgan fingerprint density at radius 2 is 1.91 bits per heavy atom. The number of non-ortho nitro benzene ring substituents is 1. The quantitative estimate of drug-likeness (QED) is 0.651. The second-order valence-electron chi connectivity index (χ2n) is 4.58. The van der Waals surface area contributed by atoms with Gasteiger partial charge in [-0.25, -0.2) is 0 Å². The largest absolute Gasteiger partial charge is 0.481 e. The van der Waals surface area contributed by atoms with Crippen LogP contribution in [0.4, 0.5) is 5.69 Å². The second-order valence-corrected chi connectivity index (χ2v) is 4.58. The van der Waals surface area contributed by atoms with Gasteiger partial charge in [0.05, 0.1) is 4.92 Å². The molecule has 1 N–H and O–H groups in total. The lowest BCUT2D eigenvalue weighted by Crippen LogP contribution is -2.35. The van der Waals surface area contributed by atoms with Gasteiger partial charge in [0.15, 0.2) is 6.10 Å². The first-order valence-corrected chi connectivity index (χ1v) is 6.64. The number of ether oxygens (including phenoxy) is 1. The van der Waals surface area contributed by atoms with Gasteiger partial charge in [0.25, 0.3) is 11.6 Å². The number of hydrogen-bond donors (Lipinski definition) is 1. The molecule has 2 aromatic rings. The van der Waals surface area contributed by atoms with Crippen molar-refractivity contribution >= 4 is 11.6 Å². The molecule has 1 aromatic carbocycles. The van der Waals surface area contributed by atoms with Crippen LogP contribution < -0.4 is 10.1 Å². The van der Waals surface area contributed by atoms with Crippen LogP contribution in [0.25, 0.3) is 0 Å². The summed E-state index contributed by atoms with van der Waals surface area (Å²) in [6.45, 7) is 2.00. The maximum Gasteiger partial charge on any atom is 0.269 e. The molecule has 114 valence electrons. The maximum atomic E-state index is 11.9. The minimum absolute atomic E-state index is 0.0258. The van der Waals surface area contributed by atoms with Crippen LogP contribution in [0.3, 0.4) is 0 Å². The van der Waals surface area contributed by atoms with Gasteiger partial charge in [0, 0.05) is 31.1 Å². The number of amides is 1. The van der Waals surface area contributed by atoms with E-state index < -0.39 is 11.0 Å². The van der Waals surface area contributed by atoms with Crippen molar-refractivity contribution in [3.63, 3.8) is 0 Å². The molecule has 7 nitrogen and oxygen atoms in total. The average molecular weight is 301 g/mol. The molecule has 0 bridgehead atoms. The number of hydrogen-bond acceptors (Lipinski definition) is 5. The van der Waals surface area contributed by atoms with Gasteiger partial charge < -0.3 is 10.1 Å². The number of pyridine rings is 1. The van der Waals surface area contributed by atoms with Gasteiger partial charge >= 0.3 is 0 Å². The SMILES string of the molecule is C[C@H](Oc1ccc([N+](=O)[O-])cc1)C(=O)NCc1ccncc1. The van der Waals surface area contributed by atoms with E-state index in [4.69, 9.17) is 4.74 Å². The van der Waals surface area contributed by atoms with Crippen molar-refractivity contribution in [2.45, 2.75) is 19.6 Å². The summed E-state index contributed by atoms with van der Waals surface area (Å²) in [5.74, 6) is 0.132. The Kier molecular flexibility index (Phi) is 5.02. The third-order valence-corrected chi connectivity index (χ3v) is 2.95. The topological polar surface area (TPSA) is 94.4 Å². The molecule has 22 heavy (non-hydrogen) atoms. The molecule has 0 unspecified atom stereocenters. The summed E-state index contributed by atoms with van der Waals surface area (Å²) in [6.07, 6.45) is 2.60. The fourth-order valence-corrected chi connectivity index (χ4v) is 1.74. The van der Waals surface area contributed by atoms with E-state index in [2.05, 4.69) is 10.3 Å². The summed E-state index contributed by atoms with van der Waals surface area (Å²) in [6, 6.07) is 9.20. The average Bonchev–Trinajstić information content (AvgIpc) is 2.54. The lowest BCUT2D eigenvalue weighted by Gasteiger charge is -2.14. The van der Waals surface area contributed by atoms with Crippen molar-refractivity contribution in [2.75, 3.05) is 0 Å². The summed E-state index contributed by atoms with van der Waals surface area (Å²) in [5, 5.41) is 13.3. The molecule has 1 heterocycles. The lowest BCUT2D eigenvalue weighted by atomic mass is 10.2. The number of nitro benzene ring substituents is 1. The molecular formula is C15H15N3O4. The highest BCUT2D eigenvalue weighted by molar-refractivity contribution is 5.80. The van der Waals surface area contributed by atoms with Crippen LogP contribution in [0.15, 0.2) is 48.8 Å². The van der Waals surface area contributed by atoms with E-state index in [0.29, 0.717) is 12.3 Å². The summed E-state index contributed by atoms with van der Waals surface area (Å²) >= 11 is 0. The van der Waals surface area contributed by atoms with Crippen molar-refractivity contribution in [3.8, 4) is 5.75 Å². The summed E-state index contributed by atoms with van der Waals surface area (Å²) in [5.41, 5.74) is 0.910. The van der Waals surface area contributed by atoms with Gasteiger partial charge in [-0.2, -0.15) is 0 Å². The fourth-order valence-electron chi connectivity index (χ4n) is 1.74. The highest BCUT2D eigenvalue weighted by atomic mass is 16.6. The smallest absolute Gasteiger partial charge is 0.269 e. The molecule has 0 aliphatic carbocycles. The molecule has 0 fully saturated rings. The number of benzene rings is 1. The van der Waals surface area contributed by atoms with E-state index in [9.17, 15) is 14.9 Å². The van der Waals surface area contributed by atoms with Gasteiger partial charge in [0.2, 0.25) is 0 Å². The third kappa shape index (κ3) is 4.27. The number of carbonyl (C=O) groups excluding carboxylic acids is 1. The second kappa shape index (κ2) is 7.16. The molecular weight excluding hydrogens is 286 g/mol. The molecule has 0 radical (unpaired) electrons. The van der Waals surface area contributed by atoms with Crippen LogP contribution >= 0.6 is 0 Å². The molecule has 1 aromatic heterocycles.